The van der Waals surface area contributed by atoms with Crippen LogP contribution in [0, 0.1) is 0 Å². The second kappa shape index (κ2) is 3.72. The molecule has 13 heavy (non-hydrogen) atoms. The fourth-order valence-corrected chi connectivity index (χ4v) is 1.93. The lowest BCUT2D eigenvalue weighted by Crippen LogP contribution is -1.88. The summed E-state index contributed by atoms with van der Waals surface area (Å²) in [6.07, 6.45) is 3.40. The minimum Gasteiger partial charge on any atom is -0.253 e. The van der Waals surface area contributed by atoms with Crippen LogP contribution in [0.3, 0.4) is 0 Å². The Hall–Kier alpha value is -0.480. The maximum atomic E-state index is 4.28. The number of para-hydroxylation sites is 1. The monoisotopic (exact) mass is 300 g/mol. The van der Waals surface area contributed by atoms with Crippen molar-refractivity contribution in [1.82, 2.24) is 9.97 Å². The van der Waals surface area contributed by atoms with Crippen molar-refractivity contribution in [3.8, 4) is 0 Å². The second-order valence-electron chi connectivity index (χ2n) is 2.57. The highest BCUT2D eigenvalue weighted by atomic mass is 79.9. The van der Waals surface area contributed by atoms with Gasteiger partial charge in [-0.1, -0.05) is 44.0 Å². The van der Waals surface area contributed by atoms with Crippen LogP contribution in [-0.2, 0) is 0 Å². The van der Waals surface area contributed by atoms with Gasteiger partial charge >= 0.3 is 0 Å². The molecule has 0 bridgehead atoms. The molecule has 0 saturated heterocycles. The van der Waals surface area contributed by atoms with E-state index in [-0.39, 0.29) is 3.74 Å². The fourth-order valence-electron chi connectivity index (χ4n) is 1.19. The van der Waals surface area contributed by atoms with Crippen LogP contribution in [0.1, 0.15) is 9.30 Å². The minimum atomic E-state index is 0.125. The lowest BCUT2D eigenvalue weighted by Gasteiger charge is -2.04. The van der Waals surface area contributed by atoms with Crippen LogP contribution >= 0.6 is 31.9 Å². The Balaban J connectivity index is 2.76. The highest BCUT2D eigenvalue weighted by Crippen LogP contribution is 2.32. The molecule has 0 atom stereocenters. The molecular formula is C9H6Br2N2. The van der Waals surface area contributed by atoms with E-state index in [1.807, 2.05) is 18.2 Å². The molecule has 0 aliphatic carbocycles. The van der Waals surface area contributed by atoms with Gasteiger partial charge in [0.1, 0.15) is 0 Å². The lowest BCUT2D eigenvalue weighted by atomic mass is 10.2. The van der Waals surface area contributed by atoms with Gasteiger partial charge < -0.3 is 0 Å². The van der Waals surface area contributed by atoms with Crippen LogP contribution in [0.25, 0.3) is 11.0 Å². The van der Waals surface area contributed by atoms with Crippen LogP contribution in [0.4, 0.5) is 0 Å². The van der Waals surface area contributed by atoms with E-state index in [0.29, 0.717) is 0 Å². The summed E-state index contributed by atoms with van der Waals surface area (Å²) in [5.74, 6) is 0. The maximum Gasteiger partial charge on any atom is 0.0968 e. The van der Waals surface area contributed by atoms with E-state index in [1.165, 1.54) is 0 Å². The highest BCUT2D eigenvalue weighted by Gasteiger charge is 2.07. The zero-order chi connectivity index (χ0) is 9.26. The summed E-state index contributed by atoms with van der Waals surface area (Å²) < 4.78 is 0.125. The first kappa shape index (κ1) is 9.09. The molecule has 66 valence electrons. The van der Waals surface area contributed by atoms with Crippen LogP contribution in [-0.4, -0.2) is 9.97 Å². The van der Waals surface area contributed by atoms with Gasteiger partial charge in [0.05, 0.1) is 14.8 Å². The smallest absolute Gasteiger partial charge is 0.0968 e. The van der Waals surface area contributed by atoms with E-state index in [1.54, 1.807) is 12.4 Å². The average Bonchev–Trinajstić information content (AvgIpc) is 2.17. The van der Waals surface area contributed by atoms with Gasteiger partial charge in [-0.2, -0.15) is 0 Å². The Kier molecular flexibility index (Phi) is 2.60. The normalized spacial score (nSPS) is 11.0. The van der Waals surface area contributed by atoms with Crippen LogP contribution in [0.15, 0.2) is 30.6 Å². The molecular weight excluding hydrogens is 296 g/mol. The molecule has 4 heteroatoms. The third-order valence-corrected chi connectivity index (χ3v) is 2.75. The van der Waals surface area contributed by atoms with E-state index in [2.05, 4.69) is 41.8 Å². The third-order valence-electron chi connectivity index (χ3n) is 1.76. The van der Waals surface area contributed by atoms with Crippen LogP contribution in [0.5, 0.6) is 0 Å². The molecule has 2 rings (SSSR count). The topological polar surface area (TPSA) is 25.8 Å². The zero-order valence-corrected chi connectivity index (χ0v) is 9.79. The molecule has 2 aromatic rings. The van der Waals surface area contributed by atoms with Gasteiger partial charge in [-0.05, 0) is 6.07 Å². The summed E-state index contributed by atoms with van der Waals surface area (Å²) >= 11 is 6.90. The molecule has 0 radical (unpaired) electrons. The molecule has 1 aromatic heterocycles. The van der Waals surface area contributed by atoms with E-state index >= 15 is 0 Å². The first-order chi connectivity index (χ1) is 6.29. The van der Waals surface area contributed by atoms with E-state index in [0.717, 1.165) is 16.6 Å². The van der Waals surface area contributed by atoms with Crippen LogP contribution in [0.2, 0.25) is 0 Å². The molecule has 0 aliphatic heterocycles. The Morgan fingerprint density at radius 3 is 2.62 bits per heavy atom. The lowest BCUT2D eigenvalue weighted by molar-refractivity contribution is 1.27. The largest absolute Gasteiger partial charge is 0.253 e. The Morgan fingerprint density at radius 1 is 1.08 bits per heavy atom. The summed E-state index contributed by atoms with van der Waals surface area (Å²) in [5.41, 5.74) is 2.96. The predicted octanol–water partition coefficient (Wildman–Crippen LogP) is 3.42. The molecule has 0 unspecified atom stereocenters. The van der Waals surface area contributed by atoms with Crippen molar-refractivity contribution in [2.24, 2.45) is 0 Å². The summed E-state index contributed by atoms with van der Waals surface area (Å²) in [4.78, 5) is 8.50. The Morgan fingerprint density at radius 2 is 1.85 bits per heavy atom. The standard InChI is InChI=1S/C9H6Br2N2/c10-9(11)6-2-1-3-7-8(6)13-5-4-12-7/h1-5,9H. The number of nitrogens with zero attached hydrogens (tertiary/aromatic N) is 2. The number of hydrogen-bond donors (Lipinski definition) is 0. The summed E-state index contributed by atoms with van der Waals surface area (Å²) in [6.45, 7) is 0. The number of halogens is 2. The molecule has 1 aromatic carbocycles. The molecule has 0 aliphatic rings. The van der Waals surface area contributed by atoms with Crippen molar-refractivity contribution >= 4 is 42.9 Å². The summed E-state index contributed by atoms with van der Waals surface area (Å²) in [5, 5.41) is 0. The molecule has 0 amide bonds. The van der Waals surface area contributed by atoms with Crippen molar-refractivity contribution < 1.29 is 0 Å². The molecule has 1 heterocycles. The summed E-state index contributed by atoms with van der Waals surface area (Å²) in [6, 6.07) is 5.95. The minimum absolute atomic E-state index is 0.125. The second-order valence-corrected chi connectivity index (χ2v) is 5.63. The first-order valence-corrected chi connectivity index (χ1v) is 5.60. The highest BCUT2D eigenvalue weighted by molar-refractivity contribution is 9.24. The number of fused-ring (bicyclic) bond motifs is 1. The van der Waals surface area contributed by atoms with Crippen molar-refractivity contribution in [1.29, 1.82) is 0 Å². The van der Waals surface area contributed by atoms with Crippen molar-refractivity contribution in [3.05, 3.63) is 36.2 Å². The molecule has 0 fully saturated rings. The average molecular weight is 302 g/mol. The van der Waals surface area contributed by atoms with Gasteiger partial charge in [0, 0.05) is 18.0 Å². The first-order valence-electron chi connectivity index (χ1n) is 3.77. The quantitative estimate of drug-likeness (QED) is 0.754. The number of aromatic nitrogens is 2. The molecule has 0 N–H and O–H groups in total. The van der Waals surface area contributed by atoms with Gasteiger partial charge in [0.15, 0.2) is 0 Å². The number of benzene rings is 1. The van der Waals surface area contributed by atoms with Crippen LogP contribution < -0.4 is 0 Å². The SMILES string of the molecule is BrC(Br)c1cccc2nccnc12. The molecule has 2 nitrogen and oxygen atoms in total. The fraction of sp³-hybridized carbons (Fsp3) is 0.111. The van der Waals surface area contributed by atoms with E-state index in [9.17, 15) is 0 Å². The molecule has 0 spiro atoms. The van der Waals surface area contributed by atoms with E-state index < -0.39 is 0 Å². The molecule has 0 saturated carbocycles. The van der Waals surface area contributed by atoms with Gasteiger partial charge in [0.25, 0.3) is 0 Å². The third kappa shape index (κ3) is 1.74. The van der Waals surface area contributed by atoms with Gasteiger partial charge in [-0.3, -0.25) is 9.97 Å². The van der Waals surface area contributed by atoms with Gasteiger partial charge in [0.2, 0.25) is 0 Å². The number of rotatable bonds is 1. The summed E-state index contributed by atoms with van der Waals surface area (Å²) in [7, 11) is 0. The van der Waals surface area contributed by atoms with Gasteiger partial charge in [-0.25, -0.2) is 0 Å². The predicted molar refractivity (Wildman–Crippen MR) is 60.1 cm³/mol. The van der Waals surface area contributed by atoms with Gasteiger partial charge in [-0.15, -0.1) is 0 Å². The Bertz CT molecular complexity index is 423. The van der Waals surface area contributed by atoms with E-state index in [4.69, 9.17) is 0 Å². The number of alkyl halides is 2. The van der Waals surface area contributed by atoms with Crippen molar-refractivity contribution in [2.75, 3.05) is 0 Å². The maximum absolute atomic E-state index is 4.28. The zero-order valence-electron chi connectivity index (χ0n) is 6.61. The Labute approximate surface area is 92.7 Å². The van der Waals surface area contributed by atoms with Crippen molar-refractivity contribution in [2.45, 2.75) is 3.74 Å². The number of hydrogen-bond acceptors (Lipinski definition) is 2. The van der Waals surface area contributed by atoms with Crippen molar-refractivity contribution in [3.63, 3.8) is 0 Å².